The van der Waals surface area contributed by atoms with E-state index in [9.17, 15) is 0 Å². The number of hydrogen-bond donors (Lipinski definition) is 1. The summed E-state index contributed by atoms with van der Waals surface area (Å²) in [5, 5.41) is 3.80. The zero-order chi connectivity index (χ0) is 9.97. The molecule has 1 heteroatoms. The summed E-state index contributed by atoms with van der Waals surface area (Å²) in [5.41, 5.74) is 0. The van der Waals surface area contributed by atoms with Crippen LogP contribution < -0.4 is 5.32 Å². The maximum absolute atomic E-state index is 3.80. The highest BCUT2D eigenvalue weighted by molar-refractivity contribution is 4.94. The Labute approximate surface area is 88.7 Å². The van der Waals surface area contributed by atoms with Gasteiger partial charge in [-0.3, -0.25) is 0 Å². The molecule has 0 heterocycles. The molecule has 2 saturated carbocycles. The van der Waals surface area contributed by atoms with Gasteiger partial charge < -0.3 is 5.32 Å². The van der Waals surface area contributed by atoms with Crippen molar-refractivity contribution < 1.29 is 0 Å². The number of hydrogen-bond acceptors (Lipinski definition) is 1. The number of nitrogens with one attached hydrogen (secondary N) is 1. The van der Waals surface area contributed by atoms with Crippen LogP contribution >= 0.6 is 0 Å². The molecular formula is C13H25N. The second-order valence-corrected chi connectivity index (χ2v) is 5.39. The average molecular weight is 195 g/mol. The highest BCUT2D eigenvalue weighted by Crippen LogP contribution is 2.43. The van der Waals surface area contributed by atoms with Gasteiger partial charge in [0.25, 0.3) is 0 Å². The smallest absolute Gasteiger partial charge is 0.0126 e. The van der Waals surface area contributed by atoms with Crippen molar-refractivity contribution in [3.63, 3.8) is 0 Å². The van der Waals surface area contributed by atoms with Gasteiger partial charge in [-0.05, 0) is 50.0 Å². The molecule has 2 aliphatic rings. The summed E-state index contributed by atoms with van der Waals surface area (Å²) in [7, 11) is 0. The predicted octanol–water partition coefficient (Wildman–Crippen LogP) is 3.20. The maximum atomic E-state index is 3.80. The molecule has 1 nitrogen and oxygen atoms in total. The van der Waals surface area contributed by atoms with Gasteiger partial charge in [0, 0.05) is 6.04 Å². The molecule has 2 fully saturated rings. The van der Waals surface area contributed by atoms with Crippen molar-refractivity contribution in [2.75, 3.05) is 6.54 Å². The van der Waals surface area contributed by atoms with E-state index in [0.717, 1.165) is 23.8 Å². The van der Waals surface area contributed by atoms with E-state index in [-0.39, 0.29) is 0 Å². The molecule has 3 unspecified atom stereocenters. The lowest BCUT2D eigenvalue weighted by molar-refractivity contribution is 0.272. The normalized spacial score (nSPS) is 34.7. The average Bonchev–Trinajstić information content (AvgIpc) is 2.92. The molecule has 0 aromatic carbocycles. The molecule has 82 valence electrons. The molecular weight excluding hydrogens is 170 g/mol. The van der Waals surface area contributed by atoms with E-state index in [2.05, 4.69) is 19.2 Å². The third kappa shape index (κ3) is 2.31. The van der Waals surface area contributed by atoms with E-state index in [1.165, 1.54) is 45.1 Å². The molecule has 0 radical (unpaired) electrons. The fraction of sp³-hybridized carbons (Fsp3) is 1.00. The Balaban J connectivity index is 1.88. The summed E-state index contributed by atoms with van der Waals surface area (Å²) in [6.45, 7) is 5.96. The highest BCUT2D eigenvalue weighted by atomic mass is 14.9. The standard InChI is InChI=1S/C13H25N/c1-3-9-14-13(11-7-8-11)12-6-4-5-10(12)2/h10-14H,3-9H2,1-2H3. The fourth-order valence-electron chi connectivity index (χ4n) is 3.14. The first-order valence-corrected chi connectivity index (χ1v) is 6.56. The molecule has 0 aromatic rings. The quantitative estimate of drug-likeness (QED) is 0.710. The molecule has 2 aliphatic carbocycles. The molecule has 14 heavy (non-hydrogen) atoms. The van der Waals surface area contributed by atoms with Crippen LogP contribution in [0.4, 0.5) is 0 Å². The molecule has 1 N–H and O–H groups in total. The first-order chi connectivity index (χ1) is 6.83. The van der Waals surface area contributed by atoms with Gasteiger partial charge in [-0.25, -0.2) is 0 Å². The second-order valence-electron chi connectivity index (χ2n) is 5.39. The van der Waals surface area contributed by atoms with E-state index in [0.29, 0.717) is 0 Å². The lowest BCUT2D eigenvalue weighted by Gasteiger charge is -2.28. The third-order valence-electron chi connectivity index (χ3n) is 4.15. The van der Waals surface area contributed by atoms with Crippen molar-refractivity contribution in [3.05, 3.63) is 0 Å². The van der Waals surface area contributed by atoms with Crippen LogP contribution in [0.3, 0.4) is 0 Å². The summed E-state index contributed by atoms with van der Waals surface area (Å²) in [6, 6.07) is 0.868. The molecule has 3 atom stereocenters. The Bertz CT molecular complexity index is 174. The van der Waals surface area contributed by atoms with Gasteiger partial charge >= 0.3 is 0 Å². The van der Waals surface area contributed by atoms with Crippen molar-refractivity contribution in [3.8, 4) is 0 Å². The Morgan fingerprint density at radius 1 is 1.21 bits per heavy atom. The largest absolute Gasteiger partial charge is 0.313 e. The molecule has 0 aromatic heterocycles. The Morgan fingerprint density at radius 2 is 2.00 bits per heavy atom. The summed E-state index contributed by atoms with van der Waals surface area (Å²) >= 11 is 0. The fourth-order valence-corrected chi connectivity index (χ4v) is 3.14. The van der Waals surface area contributed by atoms with Crippen molar-refractivity contribution in [2.45, 2.75) is 58.4 Å². The summed E-state index contributed by atoms with van der Waals surface area (Å²) in [5.74, 6) is 3.01. The highest BCUT2D eigenvalue weighted by Gasteiger charge is 2.39. The van der Waals surface area contributed by atoms with Gasteiger partial charge in [0.1, 0.15) is 0 Å². The Hall–Kier alpha value is -0.0400. The molecule has 2 rings (SSSR count). The zero-order valence-corrected chi connectivity index (χ0v) is 9.76. The SMILES string of the molecule is CCCNC(C1CC1)C1CCCC1C. The first-order valence-electron chi connectivity index (χ1n) is 6.56. The number of rotatable bonds is 5. The van der Waals surface area contributed by atoms with E-state index < -0.39 is 0 Å². The monoisotopic (exact) mass is 195 g/mol. The molecule has 0 bridgehead atoms. The van der Waals surface area contributed by atoms with E-state index in [1.54, 1.807) is 0 Å². The topological polar surface area (TPSA) is 12.0 Å². The van der Waals surface area contributed by atoms with Gasteiger partial charge in [0.15, 0.2) is 0 Å². The van der Waals surface area contributed by atoms with Crippen LogP contribution in [0.25, 0.3) is 0 Å². The van der Waals surface area contributed by atoms with Gasteiger partial charge in [-0.1, -0.05) is 26.7 Å². The van der Waals surface area contributed by atoms with Crippen LogP contribution in [0.1, 0.15) is 52.4 Å². The van der Waals surface area contributed by atoms with Gasteiger partial charge in [-0.2, -0.15) is 0 Å². The van der Waals surface area contributed by atoms with E-state index in [4.69, 9.17) is 0 Å². The molecule has 0 saturated heterocycles. The van der Waals surface area contributed by atoms with Crippen LogP contribution in [0, 0.1) is 17.8 Å². The van der Waals surface area contributed by atoms with E-state index in [1.807, 2.05) is 0 Å². The Morgan fingerprint density at radius 3 is 2.50 bits per heavy atom. The van der Waals surface area contributed by atoms with Gasteiger partial charge in [0.05, 0.1) is 0 Å². The summed E-state index contributed by atoms with van der Waals surface area (Å²) in [4.78, 5) is 0. The maximum Gasteiger partial charge on any atom is 0.0126 e. The molecule has 0 aliphatic heterocycles. The van der Waals surface area contributed by atoms with Crippen molar-refractivity contribution in [1.29, 1.82) is 0 Å². The summed E-state index contributed by atoms with van der Waals surface area (Å²) in [6.07, 6.45) is 8.70. The lowest BCUT2D eigenvalue weighted by Crippen LogP contribution is -2.39. The lowest BCUT2D eigenvalue weighted by atomic mass is 9.87. The van der Waals surface area contributed by atoms with Crippen LogP contribution in [-0.4, -0.2) is 12.6 Å². The minimum absolute atomic E-state index is 0.868. The third-order valence-corrected chi connectivity index (χ3v) is 4.15. The predicted molar refractivity (Wildman–Crippen MR) is 61.3 cm³/mol. The van der Waals surface area contributed by atoms with Gasteiger partial charge in [0.2, 0.25) is 0 Å². The first kappa shape index (κ1) is 10.5. The van der Waals surface area contributed by atoms with Crippen LogP contribution in [0.2, 0.25) is 0 Å². The minimum atomic E-state index is 0.868. The zero-order valence-electron chi connectivity index (χ0n) is 9.76. The van der Waals surface area contributed by atoms with Crippen molar-refractivity contribution in [2.24, 2.45) is 17.8 Å². The molecule has 0 spiro atoms. The summed E-state index contributed by atoms with van der Waals surface area (Å²) < 4.78 is 0. The van der Waals surface area contributed by atoms with Crippen LogP contribution in [0.15, 0.2) is 0 Å². The van der Waals surface area contributed by atoms with Crippen LogP contribution in [0.5, 0.6) is 0 Å². The second kappa shape index (κ2) is 4.65. The minimum Gasteiger partial charge on any atom is -0.313 e. The van der Waals surface area contributed by atoms with Crippen LogP contribution in [-0.2, 0) is 0 Å². The van der Waals surface area contributed by atoms with Crippen molar-refractivity contribution >= 4 is 0 Å². The Kier molecular flexibility index (Phi) is 3.48. The van der Waals surface area contributed by atoms with E-state index >= 15 is 0 Å². The molecule has 0 amide bonds. The van der Waals surface area contributed by atoms with Gasteiger partial charge in [-0.15, -0.1) is 0 Å². The van der Waals surface area contributed by atoms with Crippen molar-refractivity contribution in [1.82, 2.24) is 5.32 Å².